The van der Waals surface area contributed by atoms with Gasteiger partial charge in [0.25, 0.3) is 0 Å². The van der Waals surface area contributed by atoms with Gasteiger partial charge in [0.2, 0.25) is 0 Å². The fraction of sp³-hybridized carbons (Fsp3) is 0.500. The lowest BCUT2D eigenvalue weighted by Gasteiger charge is -2.06. The number of carboxylic acid groups (broad SMARTS) is 1. The van der Waals surface area contributed by atoms with Crippen LogP contribution in [0.3, 0.4) is 0 Å². The fourth-order valence-electron chi connectivity index (χ4n) is 1.86. The summed E-state index contributed by atoms with van der Waals surface area (Å²) in [5.74, 6) is 0.0663. The Kier molecular flexibility index (Phi) is 2.08. The monoisotopic (exact) mass is 180 g/mol. The van der Waals surface area contributed by atoms with Crippen molar-refractivity contribution in [2.45, 2.75) is 25.7 Å². The summed E-state index contributed by atoms with van der Waals surface area (Å²) in [4.78, 5) is 10.8. The van der Waals surface area contributed by atoms with Crippen molar-refractivity contribution < 1.29 is 14.3 Å². The summed E-state index contributed by atoms with van der Waals surface area (Å²) in [6.45, 7) is 0. The molecule has 0 aliphatic heterocycles. The Hall–Kier alpha value is -1.25. The molecular formula is C10H12O3. The van der Waals surface area contributed by atoms with Gasteiger partial charge in [-0.15, -0.1) is 0 Å². The van der Waals surface area contributed by atoms with Crippen molar-refractivity contribution in [3.63, 3.8) is 0 Å². The first kappa shape index (κ1) is 8.35. The van der Waals surface area contributed by atoms with Gasteiger partial charge in [-0.25, -0.2) is 0 Å². The van der Waals surface area contributed by atoms with E-state index in [4.69, 9.17) is 9.52 Å². The minimum absolute atomic E-state index is 0.223. The first-order valence-corrected chi connectivity index (χ1v) is 4.55. The number of carbonyl (C=O) groups is 1. The summed E-state index contributed by atoms with van der Waals surface area (Å²) in [7, 11) is 0. The van der Waals surface area contributed by atoms with E-state index in [9.17, 15) is 4.79 Å². The highest BCUT2D eigenvalue weighted by Gasteiger charge is 2.23. The van der Waals surface area contributed by atoms with E-state index in [1.54, 1.807) is 6.26 Å². The average molecular weight is 180 g/mol. The number of carboxylic acids is 1. The van der Waals surface area contributed by atoms with Gasteiger partial charge in [-0.1, -0.05) is 0 Å². The molecule has 0 amide bonds. The molecule has 1 heterocycles. The van der Waals surface area contributed by atoms with E-state index in [2.05, 4.69) is 0 Å². The first-order chi connectivity index (χ1) is 6.27. The lowest BCUT2D eigenvalue weighted by molar-refractivity contribution is -0.141. The zero-order valence-electron chi connectivity index (χ0n) is 7.32. The Morgan fingerprint density at radius 2 is 2.46 bits per heavy atom. The summed E-state index contributed by atoms with van der Waals surface area (Å²) < 4.78 is 5.27. The average Bonchev–Trinajstić information content (AvgIpc) is 2.42. The molecule has 1 aromatic heterocycles. The third-order valence-corrected chi connectivity index (χ3v) is 2.61. The molecule has 1 aromatic rings. The van der Waals surface area contributed by atoms with Crippen LogP contribution in [0.5, 0.6) is 0 Å². The quantitative estimate of drug-likeness (QED) is 0.671. The number of rotatable bonds is 1. The molecule has 0 bridgehead atoms. The molecule has 1 unspecified atom stereocenters. The highest BCUT2D eigenvalue weighted by Crippen LogP contribution is 2.25. The number of aliphatic carboxylic acids is 1. The van der Waals surface area contributed by atoms with E-state index in [1.807, 2.05) is 6.07 Å². The van der Waals surface area contributed by atoms with Crippen LogP contribution < -0.4 is 0 Å². The molecule has 1 aliphatic carbocycles. The van der Waals surface area contributed by atoms with Gasteiger partial charge in [0.05, 0.1) is 12.2 Å². The molecule has 1 atom stereocenters. The molecule has 0 radical (unpaired) electrons. The van der Waals surface area contributed by atoms with Gasteiger partial charge in [0.1, 0.15) is 5.76 Å². The Balaban J connectivity index is 2.21. The fourth-order valence-corrected chi connectivity index (χ4v) is 1.86. The lowest BCUT2D eigenvalue weighted by atomic mass is 9.99. The molecule has 1 aliphatic rings. The summed E-state index contributed by atoms with van der Waals surface area (Å²) in [5, 5.41) is 8.90. The molecule has 70 valence electrons. The molecule has 0 aromatic carbocycles. The number of furan rings is 1. The van der Waals surface area contributed by atoms with Gasteiger partial charge < -0.3 is 9.52 Å². The predicted octanol–water partition coefficient (Wildman–Crippen LogP) is 1.86. The van der Waals surface area contributed by atoms with Crippen molar-refractivity contribution in [1.29, 1.82) is 0 Å². The molecule has 2 rings (SSSR count). The van der Waals surface area contributed by atoms with Crippen LogP contribution in [0, 0.1) is 5.92 Å². The Labute approximate surface area is 76.4 Å². The SMILES string of the molecule is O=C(O)C1CCCc2occc2C1. The van der Waals surface area contributed by atoms with Crippen molar-refractivity contribution in [2.24, 2.45) is 5.92 Å². The van der Waals surface area contributed by atoms with Crippen LogP contribution >= 0.6 is 0 Å². The topological polar surface area (TPSA) is 50.4 Å². The van der Waals surface area contributed by atoms with Gasteiger partial charge in [0.15, 0.2) is 0 Å². The molecule has 1 N–H and O–H groups in total. The van der Waals surface area contributed by atoms with Crippen LogP contribution in [0.25, 0.3) is 0 Å². The van der Waals surface area contributed by atoms with Crippen LogP contribution in [-0.2, 0) is 17.6 Å². The summed E-state index contributed by atoms with van der Waals surface area (Å²) in [5.41, 5.74) is 1.07. The number of fused-ring (bicyclic) bond motifs is 1. The van der Waals surface area contributed by atoms with Gasteiger partial charge in [-0.05, 0) is 30.9 Å². The van der Waals surface area contributed by atoms with Crippen molar-refractivity contribution in [1.82, 2.24) is 0 Å². The zero-order valence-corrected chi connectivity index (χ0v) is 7.32. The first-order valence-electron chi connectivity index (χ1n) is 4.55. The number of hydrogen-bond donors (Lipinski definition) is 1. The summed E-state index contributed by atoms with van der Waals surface area (Å²) >= 11 is 0. The molecule has 0 fully saturated rings. The van der Waals surface area contributed by atoms with Crippen LogP contribution in [0.2, 0.25) is 0 Å². The maximum atomic E-state index is 10.8. The van der Waals surface area contributed by atoms with Crippen molar-refractivity contribution in [3.05, 3.63) is 23.7 Å². The van der Waals surface area contributed by atoms with E-state index in [1.165, 1.54) is 0 Å². The second-order valence-electron chi connectivity index (χ2n) is 3.50. The van der Waals surface area contributed by atoms with Gasteiger partial charge in [-0.2, -0.15) is 0 Å². The Bertz CT molecular complexity index is 314. The van der Waals surface area contributed by atoms with Gasteiger partial charge in [-0.3, -0.25) is 4.79 Å². The summed E-state index contributed by atoms with van der Waals surface area (Å²) in [6.07, 6.45) is 4.83. The zero-order chi connectivity index (χ0) is 9.26. The lowest BCUT2D eigenvalue weighted by Crippen LogP contribution is -2.14. The van der Waals surface area contributed by atoms with Crippen molar-refractivity contribution in [2.75, 3.05) is 0 Å². The highest BCUT2D eigenvalue weighted by atomic mass is 16.4. The largest absolute Gasteiger partial charge is 0.481 e. The third kappa shape index (κ3) is 1.59. The smallest absolute Gasteiger partial charge is 0.306 e. The van der Waals surface area contributed by atoms with E-state index >= 15 is 0 Å². The minimum Gasteiger partial charge on any atom is -0.481 e. The molecule has 13 heavy (non-hydrogen) atoms. The number of hydrogen-bond acceptors (Lipinski definition) is 2. The van der Waals surface area contributed by atoms with E-state index < -0.39 is 5.97 Å². The molecule has 0 spiro atoms. The molecule has 0 saturated heterocycles. The predicted molar refractivity (Wildman–Crippen MR) is 46.5 cm³/mol. The minimum atomic E-state index is -0.686. The van der Waals surface area contributed by atoms with Gasteiger partial charge in [0, 0.05) is 6.42 Å². The highest BCUT2D eigenvalue weighted by molar-refractivity contribution is 5.70. The third-order valence-electron chi connectivity index (χ3n) is 2.61. The molecule has 3 heteroatoms. The standard InChI is InChI=1S/C10H12O3/c11-10(12)8-2-1-3-9-7(6-8)4-5-13-9/h4-5,8H,1-3,6H2,(H,11,12). The van der Waals surface area contributed by atoms with Crippen molar-refractivity contribution in [3.8, 4) is 0 Å². The normalized spacial score (nSPS) is 22.0. The molecular weight excluding hydrogens is 168 g/mol. The maximum Gasteiger partial charge on any atom is 0.306 e. The van der Waals surface area contributed by atoms with Gasteiger partial charge >= 0.3 is 5.97 Å². The van der Waals surface area contributed by atoms with E-state index in [-0.39, 0.29) is 5.92 Å². The Morgan fingerprint density at radius 3 is 3.23 bits per heavy atom. The van der Waals surface area contributed by atoms with Crippen LogP contribution in [0.1, 0.15) is 24.2 Å². The van der Waals surface area contributed by atoms with Crippen LogP contribution in [0.15, 0.2) is 16.7 Å². The van der Waals surface area contributed by atoms with Crippen molar-refractivity contribution >= 4 is 5.97 Å². The molecule has 0 saturated carbocycles. The molecule has 3 nitrogen and oxygen atoms in total. The Morgan fingerprint density at radius 1 is 1.62 bits per heavy atom. The van der Waals surface area contributed by atoms with E-state index in [0.717, 1.165) is 30.6 Å². The van der Waals surface area contributed by atoms with E-state index in [0.29, 0.717) is 6.42 Å². The second kappa shape index (κ2) is 3.24. The number of aryl methyl sites for hydroxylation is 1. The summed E-state index contributed by atoms with van der Waals surface area (Å²) in [6, 6.07) is 1.89. The second-order valence-corrected chi connectivity index (χ2v) is 3.50. The van der Waals surface area contributed by atoms with Crippen LogP contribution in [0.4, 0.5) is 0 Å². The van der Waals surface area contributed by atoms with Crippen LogP contribution in [-0.4, -0.2) is 11.1 Å². The maximum absolute atomic E-state index is 10.8.